The van der Waals surface area contributed by atoms with Gasteiger partial charge in [0, 0.05) is 30.7 Å². The van der Waals surface area contributed by atoms with Gasteiger partial charge in [-0.05, 0) is 63.1 Å². The molecule has 3 amide bonds. The Kier molecular flexibility index (Phi) is 7.17. The number of methoxy groups -OCH3 is 1. The Hall–Kier alpha value is -3.22. The Morgan fingerprint density at radius 1 is 1.00 bits per heavy atom. The van der Waals surface area contributed by atoms with Crippen LogP contribution in [-0.2, 0) is 4.79 Å². The maximum absolute atomic E-state index is 12.5. The van der Waals surface area contributed by atoms with Gasteiger partial charge in [0.25, 0.3) is 0 Å². The Balaban J connectivity index is 1.51. The molecule has 7 nitrogen and oxygen atoms in total. The number of nitrogens with zero attached hydrogens (tertiary/aromatic N) is 1. The fourth-order valence-electron chi connectivity index (χ4n) is 3.39. The topological polar surface area (TPSA) is 79.9 Å². The van der Waals surface area contributed by atoms with Gasteiger partial charge < -0.3 is 25.0 Å². The first-order valence-corrected chi connectivity index (χ1v) is 10.2. The Labute approximate surface area is 177 Å². The zero-order chi connectivity index (χ0) is 21.5. The first-order valence-electron chi connectivity index (χ1n) is 10.2. The maximum atomic E-state index is 12.5. The summed E-state index contributed by atoms with van der Waals surface area (Å²) in [4.78, 5) is 26.4. The molecular weight excluding hydrogens is 382 g/mol. The second kappa shape index (κ2) is 10.0. The molecule has 0 unspecified atom stereocenters. The van der Waals surface area contributed by atoms with Crippen LogP contribution < -0.4 is 20.1 Å². The third-order valence-corrected chi connectivity index (χ3v) is 4.99. The third-order valence-electron chi connectivity index (χ3n) is 4.99. The van der Waals surface area contributed by atoms with Crippen molar-refractivity contribution in [2.45, 2.75) is 32.7 Å². The van der Waals surface area contributed by atoms with Gasteiger partial charge in [0.15, 0.2) is 11.5 Å². The molecule has 30 heavy (non-hydrogen) atoms. The Morgan fingerprint density at radius 2 is 1.63 bits per heavy atom. The maximum Gasteiger partial charge on any atom is 0.321 e. The van der Waals surface area contributed by atoms with E-state index in [4.69, 9.17) is 9.47 Å². The van der Waals surface area contributed by atoms with Gasteiger partial charge in [-0.15, -0.1) is 0 Å². The molecule has 1 fully saturated rings. The zero-order valence-electron chi connectivity index (χ0n) is 17.7. The zero-order valence-corrected chi connectivity index (χ0v) is 17.7. The summed E-state index contributed by atoms with van der Waals surface area (Å²) in [5.41, 5.74) is 0.687. The van der Waals surface area contributed by atoms with Gasteiger partial charge in [-0.25, -0.2) is 4.79 Å². The van der Waals surface area contributed by atoms with Crippen molar-refractivity contribution < 1.29 is 19.1 Å². The van der Waals surface area contributed by atoms with E-state index in [9.17, 15) is 9.59 Å². The summed E-state index contributed by atoms with van der Waals surface area (Å²) in [6.07, 6.45) is 1.36. The summed E-state index contributed by atoms with van der Waals surface area (Å²) in [5.74, 6) is 1.98. The van der Waals surface area contributed by atoms with Crippen LogP contribution in [0.15, 0.2) is 48.5 Å². The molecule has 1 aliphatic rings. The molecule has 1 saturated heterocycles. The second-order valence-electron chi connectivity index (χ2n) is 7.63. The van der Waals surface area contributed by atoms with Gasteiger partial charge >= 0.3 is 6.03 Å². The number of urea groups is 1. The highest BCUT2D eigenvalue weighted by Gasteiger charge is 2.27. The molecule has 0 spiro atoms. The number of hydrogen-bond donors (Lipinski definition) is 2. The van der Waals surface area contributed by atoms with Crippen molar-refractivity contribution in [3.05, 3.63) is 48.5 Å². The predicted molar refractivity (Wildman–Crippen MR) is 116 cm³/mol. The highest BCUT2D eigenvalue weighted by atomic mass is 16.5. The van der Waals surface area contributed by atoms with E-state index in [1.807, 2.05) is 38.1 Å². The first-order chi connectivity index (χ1) is 14.5. The lowest BCUT2D eigenvalue weighted by Gasteiger charge is -2.31. The molecule has 0 aromatic heterocycles. The lowest BCUT2D eigenvalue weighted by Crippen LogP contribution is -2.45. The number of likely N-dealkylation sites (tertiary alicyclic amines) is 1. The number of amides is 3. The molecule has 160 valence electrons. The van der Waals surface area contributed by atoms with Crippen LogP contribution in [0.2, 0.25) is 0 Å². The quantitative estimate of drug-likeness (QED) is 0.745. The van der Waals surface area contributed by atoms with E-state index in [0.717, 1.165) is 0 Å². The number of piperidine rings is 1. The molecule has 2 N–H and O–H groups in total. The van der Waals surface area contributed by atoms with Crippen molar-refractivity contribution in [1.82, 2.24) is 10.2 Å². The number of nitrogens with one attached hydrogen (secondary N) is 2. The van der Waals surface area contributed by atoms with Crippen molar-refractivity contribution in [3.63, 3.8) is 0 Å². The number of benzene rings is 2. The third kappa shape index (κ3) is 5.65. The summed E-state index contributed by atoms with van der Waals surface area (Å²) in [7, 11) is 1.60. The molecule has 0 bridgehead atoms. The van der Waals surface area contributed by atoms with Gasteiger partial charge in [-0.1, -0.05) is 12.1 Å². The normalized spacial score (nSPS) is 14.3. The molecular formula is C23H29N3O4. The molecule has 7 heteroatoms. The van der Waals surface area contributed by atoms with Crippen LogP contribution in [0, 0.1) is 5.92 Å². The molecule has 0 saturated carbocycles. The van der Waals surface area contributed by atoms with Crippen LogP contribution in [0.1, 0.15) is 26.7 Å². The van der Waals surface area contributed by atoms with Crippen LogP contribution >= 0.6 is 0 Å². The van der Waals surface area contributed by atoms with E-state index < -0.39 is 0 Å². The molecule has 0 aliphatic carbocycles. The van der Waals surface area contributed by atoms with Crippen LogP contribution in [-0.4, -0.2) is 43.1 Å². The summed E-state index contributed by atoms with van der Waals surface area (Å²) < 4.78 is 11.1. The molecule has 1 heterocycles. The number of para-hydroxylation sites is 2. The van der Waals surface area contributed by atoms with Gasteiger partial charge in [-0.2, -0.15) is 0 Å². The van der Waals surface area contributed by atoms with Gasteiger partial charge in [-0.3, -0.25) is 4.79 Å². The van der Waals surface area contributed by atoms with Crippen molar-refractivity contribution in [3.8, 4) is 17.2 Å². The highest BCUT2D eigenvalue weighted by molar-refractivity contribution is 5.89. The van der Waals surface area contributed by atoms with Crippen molar-refractivity contribution in [1.29, 1.82) is 0 Å². The minimum Gasteiger partial charge on any atom is -0.493 e. The fourth-order valence-corrected chi connectivity index (χ4v) is 3.39. The van der Waals surface area contributed by atoms with Crippen LogP contribution in [0.5, 0.6) is 17.2 Å². The number of ether oxygens (including phenoxy) is 2. The van der Waals surface area contributed by atoms with Gasteiger partial charge in [0.1, 0.15) is 5.75 Å². The van der Waals surface area contributed by atoms with Gasteiger partial charge in [0.05, 0.1) is 7.11 Å². The van der Waals surface area contributed by atoms with Crippen molar-refractivity contribution >= 4 is 17.6 Å². The number of carbonyl (C=O) groups is 2. The van der Waals surface area contributed by atoms with E-state index >= 15 is 0 Å². The number of carbonyl (C=O) groups excluding carboxylic acids is 2. The van der Waals surface area contributed by atoms with E-state index in [-0.39, 0.29) is 23.9 Å². The van der Waals surface area contributed by atoms with E-state index in [1.54, 1.807) is 36.3 Å². The van der Waals surface area contributed by atoms with Crippen LogP contribution in [0.25, 0.3) is 0 Å². The SMILES string of the molecule is COc1ccccc1Oc1ccc(NC(=O)N2CCC(C(=O)NC(C)C)CC2)cc1. The van der Waals surface area contributed by atoms with Crippen LogP contribution in [0.3, 0.4) is 0 Å². The standard InChI is InChI=1S/C23H29N3O4/c1-16(2)24-22(27)17-12-14-26(15-13-17)23(28)25-18-8-10-19(11-9-18)30-21-7-5-4-6-20(21)29-3/h4-11,16-17H,12-15H2,1-3H3,(H,24,27)(H,25,28). The largest absolute Gasteiger partial charge is 0.493 e. The summed E-state index contributed by atoms with van der Waals surface area (Å²) in [6, 6.07) is 14.6. The Morgan fingerprint density at radius 3 is 2.23 bits per heavy atom. The predicted octanol–water partition coefficient (Wildman–Crippen LogP) is 4.26. The summed E-state index contributed by atoms with van der Waals surface area (Å²) in [6.45, 7) is 5.04. The monoisotopic (exact) mass is 411 g/mol. The number of anilines is 1. The molecule has 2 aromatic carbocycles. The van der Waals surface area contributed by atoms with E-state index in [2.05, 4.69) is 10.6 Å². The minimum absolute atomic E-state index is 0.0251. The van der Waals surface area contributed by atoms with E-state index in [0.29, 0.717) is 48.9 Å². The lowest BCUT2D eigenvalue weighted by atomic mass is 9.96. The molecule has 3 rings (SSSR count). The average molecular weight is 412 g/mol. The molecule has 1 aliphatic heterocycles. The molecule has 0 radical (unpaired) electrons. The molecule has 0 atom stereocenters. The van der Waals surface area contributed by atoms with Crippen molar-refractivity contribution in [2.75, 3.05) is 25.5 Å². The van der Waals surface area contributed by atoms with Crippen LogP contribution in [0.4, 0.5) is 10.5 Å². The smallest absolute Gasteiger partial charge is 0.321 e. The number of hydrogen-bond acceptors (Lipinski definition) is 4. The second-order valence-corrected chi connectivity index (χ2v) is 7.63. The lowest BCUT2D eigenvalue weighted by molar-refractivity contribution is -0.126. The number of rotatable bonds is 6. The van der Waals surface area contributed by atoms with Gasteiger partial charge in [0.2, 0.25) is 5.91 Å². The highest BCUT2D eigenvalue weighted by Crippen LogP contribution is 2.31. The average Bonchev–Trinajstić information content (AvgIpc) is 2.75. The van der Waals surface area contributed by atoms with E-state index in [1.165, 1.54) is 0 Å². The fraction of sp³-hybridized carbons (Fsp3) is 0.391. The Bertz CT molecular complexity index is 859. The first kappa shape index (κ1) is 21.5. The minimum atomic E-state index is -0.156. The molecule has 2 aromatic rings. The summed E-state index contributed by atoms with van der Waals surface area (Å²) >= 11 is 0. The van der Waals surface area contributed by atoms with Crippen molar-refractivity contribution in [2.24, 2.45) is 5.92 Å². The summed E-state index contributed by atoms with van der Waals surface area (Å²) in [5, 5.41) is 5.86.